The first-order chi connectivity index (χ1) is 10.1. The van der Waals surface area contributed by atoms with Gasteiger partial charge in [0, 0.05) is 18.7 Å². The molecule has 0 aromatic heterocycles. The average Bonchev–Trinajstić information content (AvgIpc) is 2.46. The van der Waals surface area contributed by atoms with E-state index in [9.17, 15) is 4.79 Å². The van der Waals surface area contributed by atoms with Crippen molar-refractivity contribution in [3.05, 3.63) is 34.9 Å². The van der Waals surface area contributed by atoms with Crippen LogP contribution in [-0.4, -0.2) is 37.0 Å². The Morgan fingerprint density at radius 2 is 2.00 bits per heavy atom. The van der Waals surface area contributed by atoms with Gasteiger partial charge in [-0.15, -0.1) is 0 Å². The van der Waals surface area contributed by atoms with Gasteiger partial charge in [-0.1, -0.05) is 24.1 Å². The third-order valence-electron chi connectivity index (χ3n) is 4.13. The number of amides is 1. The van der Waals surface area contributed by atoms with Crippen LogP contribution in [0.15, 0.2) is 18.2 Å². The predicted octanol–water partition coefficient (Wildman–Crippen LogP) is 3.16. The Kier molecular flexibility index (Phi) is 5.80. The zero-order valence-electron chi connectivity index (χ0n) is 13.6. The predicted molar refractivity (Wildman–Crippen MR) is 87.7 cm³/mol. The summed E-state index contributed by atoms with van der Waals surface area (Å²) in [5.74, 6) is 0.786. The molecule has 21 heavy (non-hydrogen) atoms. The fraction of sp³-hybridized carbons (Fsp3) is 0.611. The summed E-state index contributed by atoms with van der Waals surface area (Å²) < 4.78 is 0. The van der Waals surface area contributed by atoms with Crippen LogP contribution in [0.25, 0.3) is 0 Å². The van der Waals surface area contributed by atoms with Crippen molar-refractivity contribution < 1.29 is 4.79 Å². The third kappa shape index (κ3) is 4.57. The van der Waals surface area contributed by atoms with Crippen LogP contribution in [0.3, 0.4) is 0 Å². The van der Waals surface area contributed by atoms with E-state index in [1.807, 2.05) is 17.0 Å². The van der Waals surface area contributed by atoms with Crippen LogP contribution in [0.4, 0.5) is 0 Å². The monoisotopic (exact) mass is 288 g/mol. The molecule has 0 aliphatic carbocycles. The molecule has 1 heterocycles. The molecule has 0 bridgehead atoms. The summed E-state index contributed by atoms with van der Waals surface area (Å²) in [5.41, 5.74) is 3.16. The van der Waals surface area contributed by atoms with Crippen LogP contribution < -0.4 is 5.32 Å². The van der Waals surface area contributed by atoms with E-state index >= 15 is 0 Å². The number of carbonyl (C=O) groups excluding carboxylic acids is 1. The molecule has 116 valence electrons. The second-order valence-corrected chi connectivity index (χ2v) is 6.34. The van der Waals surface area contributed by atoms with Crippen molar-refractivity contribution in [2.24, 2.45) is 5.92 Å². The zero-order valence-corrected chi connectivity index (χ0v) is 13.6. The second kappa shape index (κ2) is 7.60. The SMILES string of the molecule is CCCN(CC1CCCNC1)C(=O)c1cc(C)cc(C)c1. The summed E-state index contributed by atoms with van der Waals surface area (Å²) in [5, 5.41) is 3.44. The van der Waals surface area contributed by atoms with Crippen LogP contribution in [0, 0.1) is 19.8 Å². The van der Waals surface area contributed by atoms with Crippen LogP contribution >= 0.6 is 0 Å². The van der Waals surface area contributed by atoms with Gasteiger partial charge in [-0.25, -0.2) is 0 Å². The molecule has 1 unspecified atom stereocenters. The van der Waals surface area contributed by atoms with Gasteiger partial charge in [0.1, 0.15) is 0 Å². The molecule has 0 radical (unpaired) electrons. The van der Waals surface area contributed by atoms with E-state index in [-0.39, 0.29) is 5.91 Å². The summed E-state index contributed by atoms with van der Waals surface area (Å²) in [6.45, 7) is 10.1. The normalized spacial score (nSPS) is 18.5. The number of rotatable bonds is 5. The lowest BCUT2D eigenvalue weighted by molar-refractivity contribution is 0.0718. The summed E-state index contributed by atoms with van der Waals surface area (Å²) in [6, 6.07) is 6.14. The van der Waals surface area contributed by atoms with E-state index in [4.69, 9.17) is 0 Å². The molecule has 1 aliphatic rings. The molecule has 1 atom stereocenters. The highest BCUT2D eigenvalue weighted by Gasteiger charge is 2.21. The van der Waals surface area contributed by atoms with E-state index in [1.54, 1.807) is 0 Å². The van der Waals surface area contributed by atoms with Crippen molar-refractivity contribution in [1.29, 1.82) is 0 Å². The Balaban J connectivity index is 2.10. The van der Waals surface area contributed by atoms with Crippen LogP contribution in [-0.2, 0) is 0 Å². The van der Waals surface area contributed by atoms with Crippen LogP contribution in [0.5, 0.6) is 0 Å². The lowest BCUT2D eigenvalue weighted by atomic mass is 9.98. The van der Waals surface area contributed by atoms with Crippen molar-refractivity contribution in [2.75, 3.05) is 26.2 Å². The molecular formula is C18H28N2O. The minimum absolute atomic E-state index is 0.189. The maximum absolute atomic E-state index is 12.8. The smallest absolute Gasteiger partial charge is 0.253 e. The second-order valence-electron chi connectivity index (χ2n) is 6.34. The van der Waals surface area contributed by atoms with Crippen LogP contribution in [0.1, 0.15) is 47.7 Å². The Morgan fingerprint density at radius 1 is 1.29 bits per heavy atom. The highest BCUT2D eigenvalue weighted by Crippen LogP contribution is 2.16. The van der Waals surface area contributed by atoms with E-state index in [1.165, 1.54) is 12.8 Å². The highest BCUT2D eigenvalue weighted by atomic mass is 16.2. The Labute approximate surface area is 128 Å². The summed E-state index contributed by atoms with van der Waals surface area (Å²) in [4.78, 5) is 14.9. The summed E-state index contributed by atoms with van der Waals surface area (Å²) in [6.07, 6.45) is 3.46. The highest BCUT2D eigenvalue weighted by molar-refractivity contribution is 5.94. The first kappa shape index (κ1) is 16.0. The molecule has 1 saturated heterocycles. The first-order valence-electron chi connectivity index (χ1n) is 8.18. The molecule has 1 N–H and O–H groups in total. The van der Waals surface area contributed by atoms with Crippen LogP contribution in [0.2, 0.25) is 0 Å². The van der Waals surface area contributed by atoms with Gasteiger partial charge in [0.2, 0.25) is 0 Å². The number of hydrogen-bond donors (Lipinski definition) is 1. The molecule has 0 saturated carbocycles. The van der Waals surface area contributed by atoms with E-state index in [0.29, 0.717) is 5.92 Å². The molecule has 3 nitrogen and oxygen atoms in total. The molecule has 1 aromatic carbocycles. The van der Waals surface area contributed by atoms with Gasteiger partial charge in [-0.05, 0) is 64.3 Å². The number of nitrogens with zero attached hydrogens (tertiary/aromatic N) is 1. The van der Waals surface area contributed by atoms with E-state index in [0.717, 1.165) is 49.3 Å². The maximum Gasteiger partial charge on any atom is 0.253 e. The lowest BCUT2D eigenvalue weighted by Gasteiger charge is -2.30. The van der Waals surface area contributed by atoms with Crippen molar-refractivity contribution in [2.45, 2.75) is 40.0 Å². The quantitative estimate of drug-likeness (QED) is 0.902. The fourth-order valence-electron chi connectivity index (χ4n) is 3.22. The average molecular weight is 288 g/mol. The minimum Gasteiger partial charge on any atom is -0.338 e. The zero-order chi connectivity index (χ0) is 15.2. The van der Waals surface area contributed by atoms with E-state index < -0.39 is 0 Å². The number of aryl methyl sites for hydroxylation is 2. The molecule has 1 fully saturated rings. The first-order valence-corrected chi connectivity index (χ1v) is 8.18. The van der Waals surface area contributed by atoms with Crippen molar-refractivity contribution in [3.63, 3.8) is 0 Å². The standard InChI is InChI=1S/C18H28N2O/c1-4-8-20(13-16-6-5-7-19-12-16)18(21)17-10-14(2)9-15(3)11-17/h9-11,16,19H,4-8,12-13H2,1-3H3. The van der Waals surface area contributed by atoms with Gasteiger partial charge in [0.25, 0.3) is 5.91 Å². The molecule has 2 rings (SSSR count). The molecule has 1 aliphatic heterocycles. The van der Waals surface area contributed by atoms with Gasteiger partial charge >= 0.3 is 0 Å². The number of piperidine rings is 1. The number of nitrogens with one attached hydrogen (secondary N) is 1. The Morgan fingerprint density at radius 3 is 2.57 bits per heavy atom. The number of benzene rings is 1. The lowest BCUT2D eigenvalue weighted by Crippen LogP contribution is -2.41. The maximum atomic E-state index is 12.8. The molecule has 3 heteroatoms. The number of hydrogen-bond acceptors (Lipinski definition) is 2. The van der Waals surface area contributed by atoms with Crippen molar-refractivity contribution in [3.8, 4) is 0 Å². The summed E-state index contributed by atoms with van der Waals surface area (Å²) >= 11 is 0. The van der Waals surface area contributed by atoms with Gasteiger partial charge in [-0.2, -0.15) is 0 Å². The number of carbonyl (C=O) groups is 1. The molecule has 0 spiro atoms. The third-order valence-corrected chi connectivity index (χ3v) is 4.13. The molecular weight excluding hydrogens is 260 g/mol. The molecule has 1 amide bonds. The van der Waals surface area contributed by atoms with Gasteiger partial charge < -0.3 is 10.2 Å². The Hall–Kier alpha value is -1.35. The largest absolute Gasteiger partial charge is 0.338 e. The molecule has 1 aromatic rings. The topological polar surface area (TPSA) is 32.3 Å². The van der Waals surface area contributed by atoms with Crippen molar-refractivity contribution in [1.82, 2.24) is 10.2 Å². The van der Waals surface area contributed by atoms with Gasteiger partial charge in [0.05, 0.1) is 0 Å². The Bertz CT molecular complexity index is 458. The van der Waals surface area contributed by atoms with E-state index in [2.05, 4.69) is 32.2 Å². The summed E-state index contributed by atoms with van der Waals surface area (Å²) in [7, 11) is 0. The minimum atomic E-state index is 0.189. The van der Waals surface area contributed by atoms with Gasteiger partial charge in [-0.3, -0.25) is 4.79 Å². The fourth-order valence-corrected chi connectivity index (χ4v) is 3.22. The van der Waals surface area contributed by atoms with Gasteiger partial charge in [0.15, 0.2) is 0 Å². The van der Waals surface area contributed by atoms with Crippen molar-refractivity contribution >= 4 is 5.91 Å².